The minimum Gasteiger partial charge on any atom is -0.481 e. The summed E-state index contributed by atoms with van der Waals surface area (Å²) < 4.78 is 45.7. The average molecular weight is 630 g/mol. The first kappa shape index (κ1) is 33.1. The lowest BCUT2D eigenvalue weighted by atomic mass is 10.00. The molecule has 1 unspecified atom stereocenters. The number of unbranched alkanes of at least 4 members (excludes halogenated alkanes) is 1. The Morgan fingerprint density at radius 1 is 1.14 bits per heavy atom. The van der Waals surface area contributed by atoms with Gasteiger partial charge in [0.1, 0.15) is 0 Å². The number of carboxylic acids is 1. The van der Waals surface area contributed by atoms with E-state index < -0.39 is 23.8 Å². The molecule has 7 nitrogen and oxygen atoms in total. The molecule has 1 saturated heterocycles. The van der Waals surface area contributed by atoms with E-state index in [9.17, 15) is 22.8 Å². The van der Waals surface area contributed by atoms with Crippen molar-refractivity contribution in [2.24, 2.45) is 5.92 Å². The zero-order valence-electron chi connectivity index (χ0n) is 24.6. The molecule has 3 aromatic rings. The van der Waals surface area contributed by atoms with Crippen molar-refractivity contribution in [1.29, 1.82) is 0 Å². The first-order valence-corrected chi connectivity index (χ1v) is 15.0. The van der Waals surface area contributed by atoms with Crippen LogP contribution in [0.2, 0.25) is 5.02 Å². The van der Waals surface area contributed by atoms with Crippen LogP contribution < -0.4 is 0 Å². The SMILES string of the molecule is CC/C=C(\C=C/[C@@H](C)C1CN(C(=O)c2ccc3nc(-c4ccc(Cl)cc4)c(CCCCC(=O)O)nc3c2)CCO1)C(F)(F)F. The molecule has 1 fully saturated rings. The molecule has 1 aliphatic rings. The number of aliphatic carboxylic acids is 1. The van der Waals surface area contributed by atoms with E-state index in [4.69, 9.17) is 31.4 Å². The second-order valence-corrected chi connectivity index (χ2v) is 11.2. The number of fused-ring (bicyclic) bond motifs is 1. The number of carbonyl (C=O) groups is 2. The molecular formula is C33H35ClF3N3O4. The number of halogens is 4. The zero-order chi connectivity index (χ0) is 31.9. The molecule has 0 radical (unpaired) electrons. The van der Waals surface area contributed by atoms with Crippen LogP contribution in [0, 0.1) is 5.92 Å². The van der Waals surface area contributed by atoms with Gasteiger partial charge in [-0.25, -0.2) is 9.97 Å². The van der Waals surface area contributed by atoms with Crippen LogP contribution >= 0.6 is 11.6 Å². The number of morpholine rings is 1. The second-order valence-electron chi connectivity index (χ2n) is 10.8. The Labute approximate surface area is 259 Å². The van der Waals surface area contributed by atoms with Gasteiger partial charge in [0.2, 0.25) is 0 Å². The van der Waals surface area contributed by atoms with Crippen molar-refractivity contribution < 1.29 is 32.6 Å². The lowest BCUT2D eigenvalue weighted by Gasteiger charge is -2.35. The van der Waals surface area contributed by atoms with Gasteiger partial charge in [0, 0.05) is 41.6 Å². The van der Waals surface area contributed by atoms with E-state index in [1.807, 2.05) is 12.1 Å². The number of carboxylic acid groups (broad SMARTS) is 1. The van der Waals surface area contributed by atoms with Crippen LogP contribution in [0.1, 0.15) is 55.6 Å². The van der Waals surface area contributed by atoms with E-state index in [0.29, 0.717) is 58.8 Å². The number of carbonyl (C=O) groups excluding carboxylic acids is 1. The summed E-state index contributed by atoms with van der Waals surface area (Å²) in [5.74, 6) is -1.44. The number of rotatable bonds is 11. The summed E-state index contributed by atoms with van der Waals surface area (Å²) in [6, 6.07) is 12.4. The van der Waals surface area contributed by atoms with Gasteiger partial charge >= 0.3 is 12.1 Å². The second kappa shape index (κ2) is 14.8. The Hall–Kier alpha value is -3.76. The van der Waals surface area contributed by atoms with Crippen molar-refractivity contribution in [2.45, 2.75) is 58.2 Å². The van der Waals surface area contributed by atoms with Gasteiger partial charge in [-0.3, -0.25) is 9.59 Å². The predicted molar refractivity (Wildman–Crippen MR) is 164 cm³/mol. The van der Waals surface area contributed by atoms with Gasteiger partial charge in [-0.15, -0.1) is 0 Å². The smallest absolute Gasteiger partial charge is 0.416 e. The highest BCUT2D eigenvalue weighted by Gasteiger charge is 2.32. The number of aromatic nitrogens is 2. The lowest BCUT2D eigenvalue weighted by Crippen LogP contribution is -2.47. The number of hydrogen-bond donors (Lipinski definition) is 1. The van der Waals surface area contributed by atoms with Crippen molar-refractivity contribution in [2.75, 3.05) is 19.7 Å². The van der Waals surface area contributed by atoms with Gasteiger partial charge in [-0.1, -0.05) is 55.8 Å². The topological polar surface area (TPSA) is 92.6 Å². The van der Waals surface area contributed by atoms with E-state index >= 15 is 0 Å². The fourth-order valence-electron chi connectivity index (χ4n) is 5.04. The van der Waals surface area contributed by atoms with Crippen LogP contribution in [0.4, 0.5) is 13.2 Å². The van der Waals surface area contributed by atoms with Crippen molar-refractivity contribution in [3.05, 3.63) is 82.5 Å². The Bertz CT molecular complexity index is 1540. The number of alkyl halides is 3. The fourth-order valence-corrected chi connectivity index (χ4v) is 5.17. The molecule has 1 aromatic heterocycles. The van der Waals surface area contributed by atoms with Gasteiger partial charge < -0.3 is 14.7 Å². The third-order valence-electron chi connectivity index (χ3n) is 7.45. The van der Waals surface area contributed by atoms with Crippen molar-refractivity contribution >= 4 is 34.5 Å². The molecule has 2 aromatic carbocycles. The molecule has 0 spiro atoms. The molecule has 1 amide bonds. The molecule has 0 bridgehead atoms. The summed E-state index contributed by atoms with van der Waals surface area (Å²) in [6.45, 7) is 4.28. The highest BCUT2D eigenvalue weighted by atomic mass is 35.5. The largest absolute Gasteiger partial charge is 0.481 e. The summed E-state index contributed by atoms with van der Waals surface area (Å²) in [5.41, 5.74) is 3.03. The third kappa shape index (κ3) is 8.66. The number of amides is 1. The molecule has 0 saturated carbocycles. The van der Waals surface area contributed by atoms with E-state index in [2.05, 4.69) is 0 Å². The molecule has 4 rings (SSSR count). The van der Waals surface area contributed by atoms with Gasteiger partial charge in [-0.2, -0.15) is 13.2 Å². The third-order valence-corrected chi connectivity index (χ3v) is 7.71. The Balaban J connectivity index is 1.55. The highest BCUT2D eigenvalue weighted by molar-refractivity contribution is 6.30. The standard InChI is InChI=1S/C33H35ClF3N3O4/c1-3-6-24(33(35,36)37)13-9-21(2)29-20-40(17-18-44-29)32(43)23-12-16-26-28(19-23)38-27(7-4-5-8-30(41)42)31(39-26)22-10-14-25(34)15-11-22/h6,9-16,19,21,29H,3-5,7-8,17-18,20H2,1-2H3,(H,41,42)/b13-9-,24-6+/t21-,29?/m1/s1. The zero-order valence-corrected chi connectivity index (χ0v) is 25.4. The molecule has 11 heteroatoms. The maximum absolute atomic E-state index is 13.6. The van der Waals surface area contributed by atoms with Gasteiger partial charge in [0.15, 0.2) is 0 Å². The Kier molecular flexibility index (Phi) is 11.2. The molecule has 2 heterocycles. The normalized spacial score (nSPS) is 16.9. The van der Waals surface area contributed by atoms with Gasteiger partial charge in [0.05, 0.1) is 40.7 Å². The summed E-state index contributed by atoms with van der Waals surface area (Å²) in [5, 5.41) is 9.60. The summed E-state index contributed by atoms with van der Waals surface area (Å²) in [4.78, 5) is 35.9. The lowest BCUT2D eigenvalue weighted by molar-refractivity contribution is -0.137. The highest BCUT2D eigenvalue weighted by Crippen LogP contribution is 2.29. The number of nitrogens with zero attached hydrogens (tertiary/aromatic N) is 3. The van der Waals surface area contributed by atoms with Gasteiger partial charge in [-0.05, 0) is 56.0 Å². The number of ether oxygens (including phenoxy) is 1. The van der Waals surface area contributed by atoms with E-state index in [0.717, 1.165) is 17.7 Å². The number of aryl methyl sites for hydroxylation is 1. The Morgan fingerprint density at radius 3 is 2.57 bits per heavy atom. The van der Waals surface area contributed by atoms with Crippen molar-refractivity contribution in [3.63, 3.8) is 0 Å². The van der Waals surface area contributed by atoms with E-state index in [1.54, 1.807) is 49.1 Å². The van der Waals surface area contributed by atoms with Crippen LogP contribution in [-0.2, 0) is 16.0 Å². The maximum atomic E-state index is 13.6. The van der Waals surface area contributed by atoms with Crippen molar-refractivity contribution in [3.8, 4) is 11.3 Å². The minimum atomic E-state index is -4.44. The molecule has 1 aliphatic heterocycles. The van der Waals surface area contributed by atoms with Crippen LogP contribution in [-0.4, -0.2) is 63.8 Å². The number of hydrogen-bond acceptors (Lipinski definition) is 5. The first-order chi connectivity index (χ1) is 21.0. The van der Waals surface area contributed by atoms with Crippen molar-refractivity contribution in [1.82, 2.24) is 14.9 Å². The molecule has 234 valence electrons. The van der Waals surface area contributed by atoms with Crippen LogP contribution in [0.3, 0.4) is 0 Å². The molecular weight excluding hydrogens is 595 g/mol. The van der Waals surface area contributed by atoms with Gasteiger partial charge in [0.25, 0.3) is 5.91 Å². The Morgan fingerprint density at radius 2 is 1.89 bits per heavy atom. The predicted octanol–water partition coefficient (Wildman–Crippen LogP) is 7.68. The summed E-state index contributed by atoms with van der Waals surface area (Å²) in [7, 11) is 0. The first-order valence-electron chi connectivity index (χ1n) is 14.6. The summed E-state index contributed by atoms with van der Waals surface area (Å²) in [6.07, 6.45) is 0.736. The summed E-state index contributed by atoms with van der Waals surface area (Å²) >= 11 is 6.08. The number of allylic oxidation sites excluding steroid dienone is 3. The number of benzene rings is 2. The fraction of sp³-hybridized carbons (Fsp3) is 0.394. The quantitative estimate of drug-likeness (QED) is 0.173. The molecule has 1 N–H and O–H groups in total. The van der Waals surface area contributed by atoms with E-state index in [-0.39, 0.29) is 37.8 Å². The van der Waals surface area contributed by atoms with Crippen LogP contribution in [0.5, 0.6) is 0 Å². The molecule has 2 atom stereocenters. The average Bonchev–Trinajstić information content (AvgIpc) is 3.00. The molecule has 0 aliphatic carbocycles. The molecule has 44 heavy (non-hydrogen) atoms. The van der Waals surface area contributed by atoms with E-state index in [1.165, 1.54) is 6.08 Å². The minimum absolute atomic E-state index is 0.0593. The van der Waals surface area contributed by atoms with Crippen LogP contribution in [0.15, 0.2) is 66.3 Å². The van der Waals surface area contributed by atoms with Crippen LogP contribution in [0.25, 0.3) is 22.3 Å². The monoisotopic (exact) mass is 629 g/mol. The maximum Gasteiger partial charge on any atom is 0.416 e.